The molecular formula is C24H28ClN7O. The standard InChI is InChI=1S/C24H28ClN7O/c1-16-4-5-20(25)11-21(16)29-6-8-30(9-7-29)24(33)19-13-31(14-19)22-12-23(27-15-26-22)32-18(3)10-17(2)28-32/h4-5,10-12,15,19H,6-9,13-14H2,1-3H3. The molecule has 5 rings (SSSR count). The van der Waals surface area contributed by atoms with Gasteiger partial charge in [-0.3, -0.25) is 4.79 Å². The molecule has 3 aromatic rings. The zero-order valence-corrected chi connectivity index (χ0v) is 20.0. The number of aromatic nitrogens is 4. The van der Waals surface area contributed by atoms with Crippen molar-refractivity contribution in [2.75, 3.05) is 49.1 Å². The van der Waals surface area contributed by atoms with Gasteiger partial charge in [0, 0.05) is 61.7 Å². The second-order valence-electron chi connectivity index (χ2n) is 8.92. The first kappa shape index (κ1) is 21.7. The lowest BCUT2D eigenvalue weighted by Crippen LogP contribution is -2.58. The summed E-state index contributed by atoms with van der Waals surface area (Å²) in [5.41, 5.74) is 4.35. The third-order valence-corrected chi connectivity index (χ3v) is 6.76. The van der Waals surface area contributed by atoms with E-state index >= 15 is 0 Å². The first-order valence-electron chi connectivity index (χ1n) is 11.3. The van der Waals surface area contributed by atoms with Gasteiger partial charge >= 0.3 is 0 Å². The smallest absolute Gasteiger partial charge is 0.229 e. The average Bonchev–Trinajstić information content (AvgIpc) is 3.12. The molecule has 33 heavy (non-hydrogen) atoms. The van der Waals surface area contributed by atoms with Crippen molar-refractivity contribution in [2.24, 2.45) is 5.92 Å². The lowest BCUT2D eigenvalue weighted by molar-refractivity contribution is -0.136. The van der Waals surface area contributed by atoms with Gasteiger partial charge < -0.3 is 14.7 Å². The summed E-state index contributed by atoms with van der Waals surface area (Å²) in [5.74, 6) is 1.82. The van der Waals surface area contributed by atoms with Crippen molar-refractivity contribution in [1.29, 1.82) is 0 Å². The zero-order chi connectivity index (χ0) is 23.1. The molecule has 4 heterocycles. The first-order valence-corrected chi connectivity index (χ1v) is 11.7. The van der Waals surface area contributed by atoms with Crippen LogP contribution in [0.5, 0.6) is 0 Å². The van der Waals surface area contributed by atoms with E-state index in [9.17, 15) is 4.79 Å². The third kappa shape index (κ3) is 4.27. The summed E-state index contributed by atoms with van der Waals surface area (Å²) in [7, 11) is 0. The van der Waals surface area contributed by atoms with Gasteiger partial charge in [-0.15, -0.1) is 0 Å². The minimum atomic E-state index is 0.0107. The topological polar surface area (TPSA) is 70.4 Å². The number of carbonyl (C=O) groups excluding carboxylic acids is 1. The molecule has 8 nitrogen and oxygen atoms in total. The predicted octanol–water partition coefficient (Wildman–Crippen LogP) is 3.03. The predicted molar refractivity (Wildman–Crippen MR) is 129 cm³/mol. The number of nitrogens with zero attached hydrogens (tertiary/aromatic N) is 7. The van der Waals surface area contributed by atoms with Crippen molar-refractivity contribution >= 4 is 29.0 Å². The highest BCUT2D eigenvalue weighted by atomic mass is 35.5. The van der Waals surface area contributed by atoms with Crippen molar-refractivity contribution < 1.29 is 4.79 Å². The quantitative estimate of drug-likeness (QED) is 0.590. The lowest BCUT2D eigenvalue weighted by Gasteiger charge is -2.43. The first-order chi connectivity index (χ1) is 15.9. The molecule has 9 heteroatoms. The summed E-state index contributed by atoms with van der Waals surface area (Å²) in [6.07, 6.45) is 1.56. The van der Waals surface area contributed by atoms with Gasteiger partial charge in [0.1, 0.15) is 12.1 Å². The maximum absolute atomic E-state index is 13.1. The van der Waals surface area contributed by atoms with E-state index in [1.807, 2.05) is 53.8 Å². The van der Waals surface area contributed by atoms with Crippen molar-refractivity contribution in [3.8, 4) is 5.82 Å². The molecule has 0 spiro atoms. The highest BCUT2D eigenvalue weighted by Gasteiger charge is 2.37. The van der Waals surface area contributed by atoms with Crippen LogP contribution in [0.3, 0.4) is 0 Å². The van der Waals surface area contributed by atoms with Crippen LogP contribution in [0.2, 0.25) is 5.02 Å². The van der Waals surface area contributed by atoms with Gasteiger partial charge in [0.05, 0.1) is 11.6 Å². The number of carbonyl (C=O) groups is 1. The summed E-state index contributed by atoms with van der Waals surface area (Å²) < 4.78 is 1.82. The van der Waals surface area contributed by atoms with Crippen LogP contribution in [-0.2, 0) is 4.79 Å². The van der Waals surface area contributed by atoms with Gasteiger partial charge in [0.25, 0.3) is 0 Å². The number of hydrogen-bond acceptors (Lipinski definition) is 6. The molecule has 0 unspecified atom stereocenters. The van der Waals surface area contributed by atoms with E-state index in [1.54, 1.807) is 6.33 Å². The summed E-state index contributed by atoms with van der Waals surface area (Å²) in [6, 6.07) is 9.94. The molecule has 0 N–H and O–H groups in total. The van der Waals surface area contributed by atoms with E-state index in [4.69, 9.17) is 11.6 Å². The Bertz CT molecular complexity index is 1180. The summed E-state index contributed by atoms with van der Waals surface area (Å²) in [5, 5.41) is 5.25. The van der Waals surface area contributed by atoms with Crippen molar-refractivity contribution in [2.45, 2.75) is 20.8 Å². The van der Waals surface area contributed by atoms with E-state index in [0.717, 1.165) is 59.9 Å². The molecule has 2 aliphatic heterocycles. The van der Waals surface area contributed by atoms with Crippen LogP contribution >= 0.6 is 11.6 Å². The Morgan fingerprint density at radius 2 is 1.67 bits per heavy atom. The summed E-state index contributed by atoms with van der Waals surface area (Å²) in [4.78, 5) is 28.3. The van der Waals surface area contributed by atoms with Crippen LogP contribution < -0.4 is 9.80 Å². The summed E-state index contributed by atoms with van der Waals surface area (Å²) >= 11 is 6.19. The molecule has 1 amide bonds. The molecule has 2 fully saturated rings. The lowest BCUT2D eigenvalue weighted by atomic mass is 9.98. The number of aryl methyl sites for hydroxylation is 3. The second kappa shape index (κ2) is 8.67. The third-order valence-electron chi connectivity index (χ3n) is 6.52. The van der Waals surface area contributed by atoms with Crippen molar-refractivity contribution in [3.63, 3.8) is 0 Å². The fourth-order valence-corrected chi connectivity index (χ4v) is 4.82. The molecular weight excluding hydrogens is 438 g/mol. The second-order valence-corrected chi connectivity index (χ2v) is 9.35. The number of benzene rings is 1. The van der Waals surface area contributed by atoms with Crippen LogP contribution in [0.1, 0.15) is 17.0 Å². The molecule has 2 saturated heterocycles. The monoisotopic (exact) mass is 465 g/mol. The highest BCUT2D eigenvalue weighted by molar-refractivity contribution is 6.30. The van der Waals surface area contributed by atoms with E-state index in [1.165, 1.54) is 5.56 Å². The van der Waals surface area contributed by atoms with Gasteiger partial charge in [-0.25, -0.2) is 14.6 Å². The summed E-state index contributed by atoms with van der Waals surface area (Å²) in [6.45, 7) is 10.5. The number of piperazine rings is 1. The fourth-order valence-electron chi connectivity index (χ4n) is 4.66. The van der Waals surface area contributed by atoms with Crippen LogP contribution in [0.15, 0.2) is 36.7 Å². The molecule has 0 bridgehead atoms. The van der Waals surface area contributed by atoms with E-state index in [-0.39, 0.29) is 11.8 Å². The number of halogens is 1. The Labute approximate surface area is 198 Å². The van der Waals surface area contributed by atoms with Crippen molar-refractivity contribution in [1.82, 2.24) is 24.6 Å². The van der Waals surface area contributed by atoms with Gasteiger partial charge in [-0.1, -0.05) is 17.7 Å². The Kier molecular flexibility index (Phi) is 5.70. The zero-order valence-electron chi connectivity index (χ0n) is 19.2. The molecule has 0 saturated carbocycles. The van der Waals surface area contributed by atoms with Crippen LogP contribution in [0.25, 0.3) is 5.82 Å². The van der Waals surface area contributed by atoms with Crippen LogP contribution in [-0.4, -0.2) is 69.8 Å². The van der Waals surface area contributed by atoms with E-state index < -0.39 is 0 Å². The SMILES string of the molecule is Cc1cc(C)n(-c2cc(N3CC(C(=O)N4CCN(c5cc(Cl)ccc5C)CC4)C3)ncn2)n1. The normalized spacial score (nSPS) is 16.8. The average molecular weight is 466 g/mol. The fraction of sp³-hybridized carbons (Fsp3) is 0.417. The Morgan fingerprint density at radius 3 is 2.36 bits per heavy atom. The van der Waals surface area contributed by atoms with Gasteiger partial charge in [-0.2, -0.15) is 5.10 Å². The van der Waals surface area contributed by atoms with Gasteiger partial charge in [0.2, 0.25) is 5.91 Å². The molecule has 172 valence electrons. The molecule has 0 aliphatic carbocycles. The highest BCUT2D eigenvalue weighted by Crippen LogP contribution is 2.28. The van der Waals surface area contributed by atoms with Gasteiger partial charge in [-0.05, 0) is 44.5 Å². The van der Waals surface area contributed by atoms with E-state index in [0.29, 0.717) is 13.1 Å². The molecule has 0 atom stereocenters. The maximum atomic E-state index is 13.1. The molecule has 1 aromatic carbocycles. The maximum Gasteiger partial charge on any atom is 0.229 e. The number of hydrogen-bond donors (Lipinski definition) is 0. The minimum Gasteiger partial charge on any atom is -0.368 e. The molecule has 2 aliphatic rings. The molecule has 2 aromatic heterocycles. The van der Waals surface area contributed by atoms with Crippen molar-refractivity contribution in [3.05, 3.63) is 58.6 Å². The Balaban J connectivity index is 1.18. The Hall–Kier alpha value is -3.13. The largest absolute Gasteiger partial charge is 0.368 e. The van der Waals surface area contributed by atoms with Crippen LogP contribution in [0, 0.1) is 26.7 Å². The number of rotatable bonds is 4. The minimum absolute atomic E-state index is 0.0107. The van der Waals surface area contributed by atoms with Crippen LogP contribution in [0.4, 0.5) is 11.5 Å². The number of amides is 1. The van der Waals surface area contributed by atoms with E-state index in [2.05, 4.69) is 31.8 Å². The Morgan fingerprint density at radius 1 is 0.939 bits per heavy atom. The number of anilines is 2. The molecule has 0 radical (unpaired) electrons. The van der Waals surface area contributed by atoms with Gasteiger partial charge in [0.15, 0.2) is 5.82 Å².